The predicted octanol–water partition coefficient (Wildman–Crippen LogP) is -2.16. The van der Waals surface area contributed by atoms with Gasteiger partial charge in [-0.2, -0.15) is 0 Å². The number of hydrogen-bond donors (Lipinski definition) is 10. The number of carboxylic acid groups (broad SMARTS) is 3. The maximum atomic E-state index is 12.1. The number of rotatable bonds is 16. The van der Waals surface area contributed by atoms with Crippen LogP contribution in [0.15, 0.2) is 0 Å². The summed E-state index contributed by atoms with van der Waals surface area (Å²) in [5.41, 5.74) is -0.407. The van der Waals surface area contributed by atoms with Crippen molar-refractivity contribution in [3.8, 4) is 0 Å². The Labute approximate surface area is 191 Å². The van der Waals surface area contributed by atoms with Crippen LogP contribution in [0.4, 0.5) is 0 Å². The monoisotopic (exact) mass is 482 g/mol. The third-order valence-electron chi connectivity index (χ3n) is 5.50. The molecule has 0 aromatic rings. The van der Waals surface area contributed by atoms with E-state index in [1.54, 1.807) is 0 Å². The molecule has 0 spiro atoms. The van der Waals surface area contributed by atoms with Crippen LogP contribution < -0.4 is 11.1 Å². The van der Waals surface area contributed by atoms with Gasteiger partial charge in [-0.1, -0.05) is 0 Å². The van der Waals surface area contributed by atoms with E-state index in [2.05, 4.69) is 5.32 Å². The maximum absolute atomic E-state index is 12.1. The Kier molecular flexibility index (Phi) is 11.3. The van der Waals surface area contributed by atoms with E-state index in [-0.39, 0.29) is 12.8 Å². The lowest BCUT2D eigenvalue weighted by molar-refractivity contribution is -0.177. The zero-order chi connectivity index (χ0) is 26.4. The Morgan fingerprint density at radius 2 is 1.15 bits per heavy atom. The van der Waals surface area contributed by atoms with Gasteiger partial charge in [0.15, 0.2) is 5.60 Å². The van der Waals surface area contributed by atoms with Gasteiger partial charge in [-0.25, -0.2) is 4.79 Å². The lowest BCUT2D eigenvalue weighted by Gasteiger charge is -2.53. The van der Waals surface area contributed by atoms with Crippen molar-refractivity contribution < 1.29 is 55.2 Å². The molecule has 0 bridgehead atoms. The van der Waals surface area contributed by atoms with E-state index in [0.717, 1.165) is 0 Å². The first-order valence-corrected chi connectivity index (χ1v) is 10.5. The molecule has 0 aliphatic heterocycles. The molecule has 13 nitrogen and oxygen atoms in total. The van der Waals surface area contributed by atoms with Crippen LogP contribution in [0.2, 0.25) is 0 Å². The molecule has 0 aliphatic rings. The molecule has 0 saturated heterocycles. The zero-order valence-electron chi connectivity index (χ0n) is 19.3. The van der Waals surface area contributed by atoms with Crippen LogP contribution in [-0.2, 0) is 14.4 Å². The molecule has 0 fully saturated rings. The summed E-state index contributed by atoms with van der Waals surface area (Å²) >= 11 is 0. The third-order valence-corrected chi connectivity index (χ3v) is 5.50. The van der Waals surface area contributed by atoms with E-state index in [1.807, 2.05) is 0 Å². The molecule has 0 heterocycles. The summed E-state index contributed by atoms with van der Waals surface area (Å²) in [6, 6.07) is -2.46. The Bertz CT molecular complexity index is 661. The van der Waals surface area contributed by atoms with Crippen molar-refractivity contribution in [2.75, 3.05) is 0 Å². The second-order valence-electron chi connectivity index (χ2n) is 9.17. The van der Waals surface area contributed by atoms with Crippen molar-refractivity contribution in [1.29, 1.82) is 0 Å². The molecular weight excluding hydrogens is 444 g/mol. The Balaban J connectivity index is 7.09. The quantitative estimate of drug-likeness (QED) is 0.113. The predicted molar refractivity (Wildman–Crippen MR) is 114 cm³/mol. The van der Waals surface area contributed by atoms with Crippen molar-refractivity contribution in [3.05, 3.63) is 0 Å². The Hall–Kier alpha value is -1.87. The van der Waals surface area contributed by atoms with E-state index >= 15 is 0 Å². The second kappa shape index (κ2) is 12.0. The highest BCUT2D eigenvalue weighted by Gasteiger charge is 2.58. The first-order valence-electron chi connectivity index (χ1n) is 10.5. The minimum absolute atomic E-state index is 0.291. The maximum Gasteiger partial charge on any atom is 0.338 e. The fourth-order valence-electron chi connectivity index (χ4n) is 4.48. The summed E-state index contributed by atoms with van der Waals surface area (Å²) in [7, 11) is 0. The zero-order valence-corrected chi connectivity index (χ0v) is 19.3. The van der Waals surface area contributed by atoms with Crippen LogP contribution in [0, 0.1) is 0 Å². The van der Waals surface area contributed by atoms with Crippen molar-refractivity contribution in [2.45, 2.75) is 107 Å². The van der Waals surface area contributed by atoms with Crippen molar-refractivity contribution in [1.82, 2.24) is 5.32 Å². The lowest BCUT2D eigenvalue weighted by atomic mass is 9.65. The summed E-state index contributed by atoms with van der Waals surface area (Å²) in [5.74, 6) is -5.86. The van der Waals surface area contributed by atoms with Crippen molar-refractivity contribution in [2.24, 2.45) is 5.73 Å². The highest BCUT2D eigenvalue weighted by atomic mass is 16.4. The fourth-order valence-corrected chi connectivity index (χ4v) is 4.48. The van der Waals surface area contributed by atoms with E-state index in [0.29, 0.717) is 0 Å². The normalized spacial score (nSPS) is 22.0. The molecule has 0 aromatic carbocycles. The van der Waals surface area contributed by atoms with E-state index < -0.39 is 84.3 Å². The topological polar surface area (TPSA) is 251 Å². The number of nitrogens with one attached hydrogen (secondary N) is 1. The smallest absolute Gasteiger partial charge is 0.338 e. The highest BCUT2D eigenvalue weighted by Crippen LogP contribution is 2.39. The van der Waals surface area contributed by atoms with Crippen LogP contribution in [0.1, 0.15) is 59.8 Å². The van der Waals surface area contributed by atoms with Crippen molar-refractivity contribution >= 4 is 17.9 Å². The molecule has 0 rings (SSSR count). The molecule has 194 valence electrons. The van der Waals surface area contributed by atoms with Crippen LogP contribution in [0.5, 0.6) is 0 Å². The van der Waals surface area contributed by atoms with Gasteiger partial charge in [0.25, 0.3) is 0 Å². The standard InChI is InChI=1S/C20H38N2O11/c1-10(23)5-18(21,6-11(2)24)19(7-12(3)25,8-13(4)26)22-15(16(29)30)20(33,17(31)32)9-14(27)28/h10-13,15,22-26,33H,5-9,21H2,1-4H3,(H,27,28)(H,29,30)(H,31,32). The van der Waals surface area contributed by atoms with Gasteiger partial charge >= 0.3 is 17.9 Å². The number of carboxylic acids is 3. The van der Waals surface area contributed by atoms with E-state index in [9.17, 15) is 50.1 Å². The number of aliphatic hydroxyl groups excluding tert-OH is 4. The van der Waals surface area contributed by atoms with Gasteiger partial charge < -0.3 is 46.6 Å². The molecule has 6 atom stereocenters. The molecule has 11 N–H and O–H groups in total. The number of aliphatic carboxylic acids is 3. The van der Waals surface area contributed by atoms with Crippen LogP contribution in [0.3, 0.4) is 0 Å². The lowest BCUT2D eigenvalue weighted by Crippen LogP contribution is -2.76. The summed E-state index contributed by atoms with van der Waals surface area (Å²) < 4.78 is 0. The molecule has 13 heteroatoms. The third kappa shape index (κ3) is 8.45. The van der Waals surface area contributed by atoms with Crippen LogP contribution >= 0.6 is 0 Å². The van der Waals surface area contributed by atoms with E-state index in [4.69, 9.17) is 10.8 Å². The van der Waals surface area contributed by atoms with Gasteiger partial charge in [0.2, 0.25) is 0 Å². The first-order chi connectivity index (χ1) is 14.8. The Morgan fingerprint density at radius 1 is 0.788 bits per heavy atom. The molecule has 33 heavy (non-hydrogen) atoms. The summed E-state index contributed by atoms with van der Waals surface area (Å²) in [5, 5.41) is 82.1. The average Bonchev–Trinajstić information content (AvgIpc) is 2.55. The minimum atomic E-state index is -3.35. The van der Waals surface area contributed by atoms with Gasteiger partial charge in [-0.05, 0) is 53.4 Å². The number of carbonyl (C=O) groups is 3. The molecule has 0 saturated carbocycles. The molecule has 6 unspecified atom stereocenters. The van der Waals surface area contributed by atoms with Crippen LogP contribution in [-0.4, -0.2) is 106 Å². The molecular formula is C20H38N2O11. The van der Waals surface area contributed by atoms with Crippen LogP contribution in [0.25, 0.3) is 0 Å². The molecule has 0 aliphatic carbocycles. The SMILES string of the molecule is CC(O)CC(N)(CC(C)O)C(CC(C)O)(CC(C)O)NC(C(=O)O)C(O)(CC(=O)O)C(=O)O. The van der Waals surface area contributed by atoms with Gasteiger partial charge in [-0.3, -0.25) is 14.9 Å². The highest BCUT2D eigenvalue weighted by molar-refractivity contribution is 5.91. The van der Waals surface area contributed by atoms with E-state index in [1.165, 1.54) is 27.7 Å². The summed E-state index contributed by atoms with van der Waals surface area (Å²) in [4.78, 5) is 35.2. The summed E-state index contributed by atoms with van der Waals surface area (Å²) in [6.07, 6.45) is -7.53. The minimum Gasteiger partial charge on any atom is -0.481 e. The average molecular weight is 483 g/mol. The summed E-state index contributed by atoms with van der Waals surface area (Å²) in [6.45, 7) is 5.37. The largest absolute Gasteiger partial charge is 0.481 e. The van der Waals surface area contributed by atoms with Crippen molar-refractivity contribution in [3.63, 3.8) is 0 Å². The first kappa shape index (κ1) is 31.1. The number of hydrogen-bond acceptors (Lipinski definition) is 10. The molecule has 0 aromatic heterocycles. The van der Waals surface area contributed by atoms with Gasteiger partial charge in [0.05, 0.1) is 30.8 Å². The molecule has 0 radical (unpaired) electrons. The fraction of sp³-hybridized carbons (Fsp3) is 0.850. The van der Waals surface area contributed by atoms with Gasteiger partial charge in [0.1, 0.15) is 6.04 Å². The molecule has 0 amide bonds. The van der Waals surface area contributed by atoms with Gasteiger partial charge in [-0.15, -0.1) is 0 Å². The number of aliphatic hydroxyl groups is 5. The number of nitrogens with two attached hydrogens (primary N) is 1. The Morgan fingerprint density at radius 3 is 1.39 bits per heavy atom. The second-order valence-corrected chi connectivity index (χ2v) is 9.17. The van der Waals surface area contributed by atoms with Gasteiger partial charge in [0, 0.05) is 11.1 Å².